The van der Waals surface area contributed by atoms with Gasteiger partial charge < -0.3 is 20.1 Å². The van der Waals surface area contributed by atoms with E-state index in [1.807, 2.05) is 13.8 Å². The first-order chi connectivity index (χ1) is 19.4. The van der Waals surface area contributed by atoms with E-state index >= 15 is 0 Å². The monoisotopic (exact) mass is 561 g/mol. The molecule has 11 heteroatoms. The maximum Gasteiger partial charge on any atom is 0.511 e. The number of para-hydroxylation sites is 1. The smallest absolute Gasteiger partial charge is 0.505 e. The number of aromatic nitrogens is 1. The van der Waals surface area contributed by atoms with Gasteiger partial charge in [0, 0.05) is 16.6 Å². The van der Waals surface area contributed by atoms with Crippen molar-refractivity contribution >= 4 is 28.4 Å². The number of hydrogen-bond acceptors (Lipinski definition) is 6. The molecule has 4 aromatic carbocycles. The van der Waals surface area contributed by atoms with Crippen molar-refractivity contribution in [2.75, 3.05) is 0 Å². The van der Waals surface area contributed by atoms with E-state index < -0.39 is 23.8 Å². The van der Waals surface area contributed by atoms with Gasteiger partial charge in [-0.2, -0.15) is 13.2 Å². The average Bonchev–Trinajstić information content (AvgIpc) is 3.17. The molecule has 0 amide bonds. The predicted octanol–water partition coefficient (Wildman–Crippen LogP) is 8.82. The predicted molar refractivity (Wildman–Crippen MR) is 146 cm³/mol. The zero-order valence-corrected chi connectivity index (χ0v) is 21.6. The van der Waals surface area contributed by atoms with Crippen molar-refractivity contribution in [1.82, 2.24) is 4.57 Å². The molecule has 0 fully saturated rings. The van der Waals surface area contributed by atoms with Gasteiger partial charge in [-0.1, -0.05) is 30.3 Å². The van der Waals surface area contributed by atoms with Gasteiger partial charge in [0.1, 0.15) is 11.4 Å². The molecule has 0 unspecified atom stereocenters. The first-order valence-electron chi connectivity index (χ1n) is 12.2. The van der Waals surface area contributed by atoms with Crippen molar-refractivity contribution in [1.29, 1.82) is 0 Å². The molecular formula is C30H22F3N3O5. The number of fused-ring (bicyclic) bond motifs is 1. The van der Waals surface area contributed by atoms with E-state index in [-0.39, 0.29) is 28.6 Å². The lowest BCUT2D eigenvalue weighted by atomic mass is 10.0. The van der Waals surface area contributed by atoms with Gasteiger partial charge in [-0.3, -0.25) is 4.57 Å². The molecule has 0 atom stereocenters. The molecule has 1 heterocycles. The first kappa shape index (κ1) is 27.3. The lowest BCUT2D eigenvalue weighted by Crippen LogP contribution is -2.06. The Balaban J connectivity index is 1.62. The molecule has 5 rings (SSSR count). The van der Waals surface area contributed by atoms with Crippen LogP contribution in [0, 0.1) is 13.8 Å². The van der Waals surface area contributed by atoms with E-state index in [0.29, 0.717) is 22.0 Å². The number of carboxylic acid groups (broad SMARTS) is 1. The first-order valence-corrected chi connectivity index (χ1v) is 12.2. The molecule has 208 valence electrons. The van der Waals surface area contributed by atoms with E-state index in [2.05, 4.69) is 15.0 Å². The van der Waals surface area contributed by atoms with Gasteiger partial charge in [-0.15, -0.1) is 10.2 Å². The number of aromatic hydroxyl groups is 2. The highest BCUT2D eigenvalue weighted by Crippen LogP contribution is 2.45. The second kappa shape index (κ2) is 10.3. The quantitative estimate of drug-likeness (QED) is 0.113. The minimum atomic E-state index is -4.58. The number of rotatable bonds is 5. The summed E-state index contributed by atoms with van der Waals surface area (Å²) in [4.78, 5) is 10.9. The Kier molecular flexibility index (Phi) is 6.87. The van der Waals surface area contributed by atoms with Crippen LogP contribution in [0.1, 0.15) is 16.7 Å². The summed E-state index contributed by atoms with van der Waals surface area (Å²) >= 11 is 0. The Morgan fingerprint density at radius 1 is 0.878 bits per heavy atom. The molecule has 0 aliphatic carbocycles. The van der Waals surface area contributed by atoms with E-state index in [9.17, 15) is 28.2 Å². The summed E-state index contributed by atoms with van der Waals surface area (Å²) < 4.78 is 46.3. The van der Waals surface area contributed by atoms with E-state index in [1.54, 1.807) is 36.4 Å². The van der Waals surface area contributed by atoms with Crippen LogP contribution in [0.25, 0.3) is 27.7 Å². The third kappa shape index (κ3) is 5.29. The van der Waals surface area contributed by atoms with Crippen LogP contribution in [0.5, 0.6) is 17.4 Å². The summed E-state index contributed by atoms with van der Waals surface area (Å²) in [6.45, 7) is 3.70. The average molecular weight is 562 g/mol. The fraction of sp³-hybridized carbons (Fsp3) is 0.100. The van der Waals surface area contributed by atoms with Crippen LogP contribution in [-0.2, 0) is 6.18 Å². The largest absolute Gasteiger partial charge is 0.511 e. The molecule has 0 bridgehead atoms. The number of alkyl halides is 3. The lowest BCUT2D eigenvalue weighted by molar-refractivity contribution is -0.137. The van der Waals surface area contributed by atoms with Gasteiger partial charge in [-0.05, 0) is 79.1 Å². The number of hydrogen-bond donors (Lipinski definition) is 3. The molecule has 0 aliphatic rings. The van der Waals surface area contributed by atoms with Crippen LogP contribution >= 0.6 is 0 Å². The fourth-order valence-corrected chi connectivity index (χ4v) is 4.47. The molecule has 8 nitrogen and oxygen atoms in total. The maximum absolute atomic E-state index is 13.4. The van der Waals surface area contributed by atoms with Gasteiger partial charge in [0.15, 0.2) is 11.4 Å². The Labute approximate surface area is 231 Å². The third-order valence-corrected chi connectivity index (χ3v) is 6.59. The minimum Gasteiger partial charge on any atom is -0.505 e. The molecule has 0 radical (unpaired) electrons. The molecule has 1 aromatic heterocycles. The number of phenolic OH excluding ortho intramolecular Hbond substituents is 1. The Morgan fingerprint density at radius 2 is 1.59 bits per heavy atom. The molecule has 0 aliphatic heterocycles. The number of ether oxygens (including phenoxy) is 1. The molecule has 0 saturated carbocycles. The molecular weight excluding hydrogens is 539 g/mol. The second-order valence-electron chi connectivity index (χ2n) is 9.28. The van der Waals surface area contributed by atoms with Crippen LogP contribution in [0.2, 0.25) is 0 Å². The van der Waals surface area contributed by atoms with E-state index in [0.717, 1.165) is 23.3 Å². The van der Waals surface area contributed by atoms with Crippen molar-refractivity contribution in [3.63, 3.8) is 0 Å². The van der Waals surface area contributed by atoms with Gasteiger partial charge in [0.25, 0.3) is 0 Å². The second-order valence-corrected chi connectivity index (χ2v) is 9.28. The molecule has 0 saturated heterocycles. The molecule has 41 heavy (non-hydrogen) atoms. The highest BCUT2D eigenvalue weighted by atomic mass is 19.4. The van der Waals surface area contributed by atoms with Gasteiger partial charge >= 0.3 is 12.3 Å². The number of aryl methyl sites for hydroxylation is 2. The van der Waals surface area contributed by atoms with Crippen molar-refractivity contribution < 1.29 is 38.0 Å². The zero-order chi connectivity index (χ0) is 29.5. The number of benzene rings is 4. The van der Waals surface area contributed by atoms with Crippen molar-refractivity contribution in [2.45, 2.75) is 20.0 Å². The van der Waals surface area contributed by atoms with Gasteiger partial charge in [0.2, 0.25) is 5.88 Å². The number of nitrogens with zero attached hydrogens (tertiary/aromatic N) is 3. The minimum absolute atomic E-state index is 0.00201. The van der Waals surface area contributed by atoms with Crippen molar-refractivity contribution in [2.24, 2.45) is 10.2 Å². The van der Waals surface area contributed by atoms with Crippen LogP contribution in [0.4, 0.5) is 29.3 Å². The summed E-state index contributed by atoms with van der Waals surface area (Å²) in [6, 6.07) is 18.9. The summed E-state index contributed by atoms with van der Waals surface area (Å²) in [6.07, 6.45) is -6.06. The summed E-state index contributed by atoms with van der Waals surface area (Å²) in [5, 5.41) is 39.9. The third-order valence-electron chi connectivity index (χ3n) is 6.59. The Morgan fingerprint density at radius 3 is 2.32 bits per heavy atom. The molecule has 0 spiro atoms. The lowest BCUT2D eigenvalue weighted by Gasteiger charge is -2.12. The maximum atomic E-state index is 13.4. The van der Waals surface area contributed by atoms with Crippen LogP contribution < -0.4 is 4.74 Å². The number of carbonyl (C=O) groups is 1. The summed E-state index contributed by atoms with van der Waals surface area (Å²) in [5.41, 5.74) is 2.16. The highest BCUT2D eigenvalue weighted by molar-refractivity contribution is 5.97. The van der Waals surface area contributed by atoms with Crippen LogP contribution in [0.3, 0.4) is 0 Å². The Hall–Kier alpha value is -5.32. The Bertz CT molecular complexity index is 1840. The number of halogens is 3. The van der Waals surface area contributed by atoms with Crippen LogP contribution in [-0.4, -0.2) is 26.0 Å². The highest BCUT2D eigenvalue weighted by Gasteiger charge is 2.31. The number of azo groups is 1. The van der Waals surface area contributed by atoms with Gasteiger partial charge in [-0.25, -0.2) is 4.79 Å². The van der Waals surface area contributed by atoms with Crippen LogP contribution in [0.15, 0.2) is 89.1 Å². The van der Waals surface area contributed by atoms with Crippen molar-refractivity contribution in [3.8, 4) is 34.2 Å². The van der Waals surface area contributed by atoms with E-state index in [4.69, 9.17) is 5.11 Å². The number of phenols is 1. The van der Waals surface area contributed by atoms with Gasteiger partial charge in [0.05, 0.1) is 11.1 Å². The van der Waals surface area contributed by atoms with Crippen molar-refractivity contribution in [3.05, 3.63) is 95.6 Å². The zero-order valence-electron chi connectivity index (χ0n) is 21.6. The summed E-state index contributed by atoms with van der Waals surface area (Å²) in [5.74, 6) is -0.640. The standard InChI is InChI=1S/C30H22F3N3O5/c1-16-12-23-25(13-17(16)2)36(20-8-4-7-19(15-20)30(31,32)33)28(38)26(23)35-34-24-11-5-10-22(27(24)37)18-6-3-9-21(14-18)41-29(39)40/h3-15,37-38H,1-2H3,(H,39,40). The van der Waals surface area contributed by atoms with E-state index in [1.165, 1.54) is 34.9 Å². The normalized spacial score (nSPS) is 11.8. The SMILES string of the molecule is Cc1cc2c(N=Nc3cccc(-c4cccc(OC(=O)O)c4)c3O)c(O)n(-c3cccc(C(F)(F)F)c3)c2cc1C. The summed E-state index contributed by atoms with van der Waals surface area (Å²) in [7, 11) is 0. The fourth-order valence-electron chi connectivity index (χ4n) is 4.47. The molecule has 5 aromatic rings. The topological polar surface area (TPSA) is 117 Å². The molecule has 3 N–H and O–H groups in total.